The van der Waals surface area contributed by atoms with E-state index in [0.717, 1.165) is 17.3 Å². The summed E-state index contributed by atoms with van der Waals surface area (Å²) < 4.78 is 13.3. The minimum Gasteiger partial charge on any atom is -0.478 e. The van der Waals surface area contributed by atoms with Gasteiger partial charge in [-0.1, -0.05) is 35.9 Å². The number of aromatic carboxylic acids is 1. The van der Waals surface area contributed by atoms with Crippen LogP contribution in [0.2, 0.25) is 5.02 Å². The van der Waals surface area contributed by atoms with Crippen LogP contribution in [0.3, 0.4) is 0 Å². The van der Waals surface area contributed by atoms with E-state index in [-0.39, 0.29) is 23.6 Å². The molecule has 3 rings (SSSR count). The maximum absolute atomic E-state index is 13.3. The van der Waals surface area contributed by atoms with Crippen molar-refractivity contribution in [3.05, 3.63) is 82.9 Å². The van der Waals surface area contributed by atoms with Gasteiger partial charge < -0.3 is 10.4 Å². The molecule has 0 saturated heterocycles. The van der Waals surface area contributed by atoms with E-state index < -0.39 is 11.8 Å². The lowest BCUT2D eigenvalue weighted by Gasteiger charge is -2.09. The van der Waals surface area contributed by atoms with Gasteiger partial charge in [0.2, 0.25) is 5.91 Å². The van der Waals surface area contributed by atoms with Gasteiger partial charge in [0, 0.05) is 16.8 Å². The number of carboxylic acid groups (broad SMARTS) is 1. The van der Waals surface area contributed by atoms with E-state index in [1.54, 1.807) is 30.5 Å². The first-order valence-electron chi connectivity index (χ1n) is 7.95. The highest BCUT2D eigenvalue weighted by atomic mass is 35.5. The predicted molar refractivity (Wildman–Crippen MR) is 100 cm³/mol. The first kappa shape index (κ1) is 18.5. The summed E-state index contributed by atoms with van der Waals surface area (Å²) in [5.41, 5.74) is 2.23. The highest BCUT2D eigenvalue weighted by Crippen LogP contribution is 2.22. The van der Waals surface area contributed by atoms with Crippen LogP contribution in [0.4, 0.5) is 10.1 Å². The molecule has 0 saturated carbocycles. The molecule has 3 aromatic rings. The Morgan fingerprint density at radius 2 is 1.78 bits per heavy atom. The molecule has 1 heterocycles. The van der Waals surface area contributed by atoms with Crippen molar-refractivity contribution in [2.45, 2.75) is 6.42 Å². The molecule has 1 aromatic heterocycles. The second-order valence-corrected chi connectivity index (χ2v) is 6.25. The third kappa shape index (κ3) is 4.68. The summed E-state index contributed by atoms with van der Waals surface area (Å²) in [6.45, 7) is 0. The number of carboxylic acids is 1. The van der Waals surface area contributed by atoms with E-state index in [1.807, 2.05) is 0 Å². The molecule has 0 radical (unpaired) electrons. The number of carbonyl (C=O) groups is 2. The largest absolute Gasteiger partial charge is 0.478 e. The quantitative estimate of drug-likeness (QED) is 0.682. The normalized spacial score (nSPS) is 10.4. The van der Waals surface area contributed by atoms with E-state index in [9.17, 15) is 19.1 Å². The van der Waals surface area contributed by atoms with Crippen molar-refractivity contribution in [2.24, 2.45) is 0 Å². The third-order valence-electron chi connectivity index (χ3n) is 3.84. The zero-order valence-electron chi connectivity index (χ0n) is 13.9. The van der Waals surface area contributed by atoms with Crippen molar-refractivity contribution >= 4 is 29.2 Å². The van der Waals surface area contributed by atoms with Crippen molar-refractivity contribution in [3.63, 3.8) is 0 Å². The molecular weight excluding hydrogens is 371 g/mol. The van der Waals surface area contributed by atoms with Crippen LogP contribution in [0.5, 0.6) is 0 Å². The SMILES string of the molecule is O=C(Cc1ccc(-c2cncc(F)c2)cc1)Nc1cc(Cl)ccc1C(=O)O. The summed E-state index contributed by atoms with van der Waals surface area (Å²) in [4.78, 5) is 27.3. The Labute approximate surface area is 159 Å². The van der Waals surface area contributed by atoms with Gasteiger partial charge in [-0.25, -0.2) is 9.18 Å². The summed E-state index contributed by atoms with van der Waals surface area (Å²) in [6, 6.07) is 12.6. The van der Waals surface area contributed by atoms with Crippen molar-refractivity contribution < 1.29 is 19.1 Å². The fourth-order valence-corrected chi connectivity index (χ4v) is 2.74. The number of nitrogens with one attached hydrogen (secondary N) is 1. The van der Waals surface area contributed by atoms with Gasteiger partial charge >= 0.3 is 5.97 Å². The second-order valence-electron chi connectivity index (χ2n) is 5.81. The molecule has 27 heavy (non-hydrogen) atoms. The Kier molecular flexibility index (Phi) is 5.47. The Bertz CT molecular complexity index is 1010. The Hall–Kier alpha value is -3.25. The lowest BCUT2D eigenvalue weighted by atomic mass is 10.0. The van der Waals surface area contributed by atoms with Gasteiger partial charge in [-0.2, -0.15) is 0 Å². The molecule has 0 aliphatic rings. The fourth-order valence-electron chi connectivity index (χ4n) is 2.57. The Morgan fingerprint density at radius 1 is 1.04 bits per heavy atom. The maximum Gasteiger partial charge on any atom is 0.337 e. The summed E-state index contributed by atoms with van der Waals surface area (Å²) >= 11 is 5.88. The number of amides is 1. The number of halogens is 2. The smallest absolute Gasteiger partial charge is 0.337 e. The molecule has 0 bridgehead atoms. The van der Waals surface area contributed by atoms with Gasteiger partial charge in [0.25, 0.3) is 0 Å². The molecule has 0 atom stereocenters. The fraction of sp³-hybridized carbons (Fsp3) is 0.0500. The number of pyridine rings is 1. The van der Waals surface area contributed by atoms with Crippen molar-refractivity contribution in [1.29, 1.82) is 0 Å². The number of nitrogens with zero attached hydrogens (tertiary/aromatic N) is 1. The average Bonchev–Trinajstić information content (AvgIpc) is 2.62. The average molecular weight is 385 g/mol. The van der Waals surface area contributed by atoms with Crippen LogP contribution in [0.25, 0.3) is 11.1 Å². The number of carbonyl (C=O) groups excluding carboxylic acids is 1. The lowest BCUT2D eigenvalue weighted by Crippen LogP contribution is -2.16. The number of benzene rings is 2. The highest BCUT2D eigenvalue weighted by Gasteiger charge is 2.13. The zero-order chi connectivity index (χ0) is 19.4. The molecule has 0 fully saturated rings. The van der Waals surface area contributed by atoms with Gasteiger partial charge in [-0.05, 0) is 35.4 Å². The first-order valence-corrected chi connectivity index (χ1v) is 8.33. The molecular formula is C20H14ClFN2O3. The number of hydrogen-bond donors (Lipinski definition) is 2. The standard InChI is InChI=1S/C20H14ClFN2O3/c21-15-5-6-17(20(26)27)18(9-15)24-19(25)7-12-1-3-13(4-2-12)14-8-16(22)11-23-10-14/h1-6,8-11H,7H2,(H,24,25)(H,26,27). The van der Waals surface area contributed by atoms with E-state index in [1.165, 1.54) is 24.3 Å². The molecule has 0 spiro atoms. The molecule has 2 N–H and O–H groups in total. The van der Waals surface area contributed by atoms with Gasteiger partial charge in [-0.15, -0.1) is 0 Å². The van der Waals surface area contributed by atoms with Crippen LogP contribution >= 0.6 is 11.6 Å². The number of aromatic nitrogens is 1. The minimum absolute atomic E-state index is 0.0401. The van der Waals surface area contributed by atoms with Crippen LogP contribution in [-0.4, -0.2) is 22.0 Å². The van der Waals surface area contributed by atoms with Gasteiger partial charge in [-0.3, -0.25) is 9.78 Å². The Balaban J connectivity index is 1.72. The van der Waals surface area contributed by atoms with Crippen LogP contribution in [0.15, 0.2) is 60.9 Å². The van der Waals surface area contributed by atoms with Crippen molar-refractivity contribution in [2.75, 3.05) is 5.32 Å². The Morgan fingerprint density at radius 3 is 2.44 bits per heavy atom. The summed E-state index contributed by atoms with van der Waals surface area (Å²) in [6.07, 6.45) is 2.73. The van der Waals surface area contributed by atoms with Crippen LogP contribution < -0.4 is 5.32 Å². The second kappa shape index (κ2) is 7.97. The van der Waals surface area contributed by atoms with Gasteiger partial charge in [0.15, 0.2) is 0 Å². The molecule has 2 aromatic carbocycles. The third-order valence-corrected chi connectivity index (χ3v) is 4.08. The van der Waals surface area contributed by atoms with Crippen molar-refractivity contribution in [3.8, 4) is 11.1 Å². The van der Waals surface area contributed by atoms with Crippen LogP contribution in [0.1, 0.15) is 15.9 Å². The first-order chi connectivity index (χ1) is 12.9. The van der Waals surface area contributed by atoms with E-state index >= 15 is 0 Å². The maximum atomic E-state index is 13.3. The topological polar surface area (TPSA) is 79.3 Å². The van der Waals surface area contributed by atoms with E-state index in [0.29, 0.717) is 10.6 Å². The zero-order valence-corrected chi connectivity index (χ0v) is 14.7. The van der Waals surface area contributed by atoms with Gasteiger partial charge in [0.1, 0.15) is 5.82 Å². The summed E-state index contributed by atoms with van der Waals surface area (Å²) in [7, 11) is 0. The van der Waals surface area contributed by atoms with E-state index in [4.69, 9.17) is 11.6 Å². The highest BCUT2D eigenvalue weighted by molar-refractivity contribution is 6.31. The number of hydrogen-bond acceptors (Lipinski definition) is 3. The number of anilines is 1. The summed E-state index contributed by atoms with van der Waals surface area (Å²) in [5.74, 6) is -1.96. The monoisotopic (exact) mass is 384 g/mol. The van der Waals surface area contributed by atoms with Crippen LogP contribution in [-0.2, 0) is 11.2 Å². The molecule has 0 unspecified atom stereocenters. The summed E-state index contributed by atoms with van der Waals surface area (Å²) in [5, 5.41) is 12.1. The molecule has 5 nitrogen and oxygen atoms in total. The van der Waals surface area contributed by atoms with E-state index in [2.05, 4.69) is 10.3 Å². The van der Waals surface area contributed by atoms with Crippen molar-refractivity contribution in [1.82, 2.24) is 4.98 Å². The molecule has 1 amide bonds. The van der Waals surface area contributed by atoms with Crippen LogP contribution in [0, 0.1) is 5.82 Å². The molecule has 0 aliphatic heterocycles. The molecule has 7 heteroatoms. The molecule has 0 aliphatic carbocycles. The lowest BCUT2D eigenvalue weighted by molar-refractivity contribution is -0.115. The minimum atomic E-state index is -1.16. The molecule has 136 valence electrons. The van der Waals surface area contributed by atoms with Gasteiger partial charge in [0.05, 0.1) is 23.9 Å². The predicted octanol–water partition coefficient (Wildman–Crippen LogP) is 4.42. The number of rotatable bonds is 5.